The van der Waals surface area contributed by atoms with Crippen LogP contribution in [0.25, 0.3) is 0 Å². The van der Waals surface area contributed by atoms with Gasteiger partial charge in [0.2, 0.25) is 0 Å². The Bertz CT molecular complexity index is 727. The van der Waals surface area contributed by atoms with Gasteiger partial charge in [0.25, 0.3) is 0 Å². The van der Waals surface area contributed by atoms with E-state index < -0.39 is 11.9 Å². The third-order valence-corrected chi connectivity index (χ3v) is 5.06. The largest absolute Gasteiger partial charge is 0.434 e. The van der Waals surface area contributed by atoms with E-state index in [2.05, 4.69) is 32.3 Å². The summed E-state index contributed by atoms with van der Waals surface area (Å²) in [6.07, 6.45) is -3.37. The van der Waals surface area contributed by atoms with E-state index in [4.69, 9.17) is 0 Å². The second-order valence-electron chi connectivity index (χ2n) is 5.87. The SMILES string of the molecule is CN=C(NCc1nc(C(F)(F)F)cs1)N1CCC(c2ccccc2)C1. The number of aromatic nitrogens is 1. The maximum absolute atomic E-state index is 12.6. The van der Waals surface area contributed by atoms with Crippen LogP contribution in [0, 0.1) is 0 Å². The monoisotopic (exact) mass is 368 g/mol. The van der Waals surface area contributed by atoms with Crippen molar-refractivity contribution in [3.63, 3.8) is 0 Å². The highest BCUT2D eigenvalue weighted by Crippen LogP contribution is 2.30. The molecule has 1 saturated heterocycles. The number of nitrogens with one attached hydrogen (secondary N) is 1. The summed E-state index contributed by atoms with van der Waals surface area (Å²) < 4.78 is 37.8. The molecule has 1 aromatic heterocycles. The van der Waals surface area contributed by atoms with Crippen molar-refractivity contribution in [3.05, 3.63) is 52.0 Å². The summed E-state index contributed by atoms with van der Waals surface area (Å²) in [5.41, 5.74) is 0.463. The van der Waals surface area contributed by atoms with E-state index in [1.807, 2.05) is 18.2 Å². The molecule has 2 aromatic rings. The fourth-order valence-electron chi connectivity index (χ4n) is 2.96. The molecule has 25 heavy (non-hydrogen) atoms. The van der Waals surface area contributed by atoms with Crippen LogP contribution in [0.2, 0.25) is 0 Å². The van der Waals surface area contributed by atoms with Gasteiger partial charge in [-0.3, -0.25) is 4.99 Å². The van der Waals surface area contributed by atoms with Crippen molar-refractivity contribution >= 4 is 17.3 Å². The molecule has 0 radical (unpaired) electrons. The number of thiazole rings is 1. The molecule has 0 bridgehead atoms. The molecule has 0 aliphatic carbocycles. The lowest BCUT2D eigenvalue weighted by Crippen LogP contribution is -2.39. The smallest absolute Gasteiger partial charge is 0.350 e. The van der Waals surface area contributed by atoms with Crippen LogP contribution in [-0.2, 0) is 12.7 Å². The topological polar surface area (TPSA) is 40.5 Å². The molecule has 1 aliphatic heterocycles. The Morgan fingerprint density at radius 1 is 1.36 bits per heavy atom. The Morgan fingerprint density at radius 2 is 2.12 bits per heavy atom. The zero-order chi connectivity index (χ0) is 17.9. The predicted octanol–water partition coefficient (Wildman–Crippen LogP) is 3.73. The van der Waals surface area contributed by atoms with Gasteiger partial charge in [0.1, 0.15) is 5.01 Å². The number of nitrogens with zero attached hydrogens (tertiary/aromatic N) is 3. The molecule has 0 amide bonds. The molecule has 1 fully saturated rings. The predicted molar refractivity (Wildman–Crippen MR) is 92.7 cm³/mol. The standard InChI is InChI=1S/C17H19F3N4S/c1-21-16(22-9-15-23-14(11-25-15)17(18,19)20)24-8-7-13(10-24)12-5-3-2-4-6-12/h2-6,11,13H,7-10H2,1H3,(H,21,22). The first-order valence-corrected chi connectivity index (χ1v) is 8.87. The maximum atomic E-state index is 12.6. The normalized spacial score (nSPS) is 18.6. The van der Waals surface area contributed by atoms with Crippen LogP contribution in [-0.4, -0.2) is 36.0 Å². The van der Waals surface area contributed by atoms with Crippen LogP contribution >= 0.6 is 11.3 Å². The van der Waals surface area contributed by atoms with Crippen molar-refractivity contribution < 1.29 is 13.2 Å². The summed E-state index contributed by atoms with van der Waals surface area (Å²) >= 11 is 1.00. The number of likely N-dealkylation sites (tertiary alicyclic amines) is 1. The Hall–Kier alpha value is -2.09. The molecule has 1 aliphatic rings. The zero-order valence-corrected chi connectivity index (χ0v) is 14.6. The van der Waals surface area contributed by atoms with Gasteiger partial charge < -0.3 is 10.2 Å². The molecule has 1 N–H and O–H groups in total. The third-order valence-electron chi connectivity index (χ3n) is 4.21. The number of benzene rings is 1. The molecule has 1 aromatic carbocycles. The first-order chi connectivity index (χ1) is 12.0. The van der Waals surface area contributed by atoms with Crippen LogP contribution in [0.4, 0.5) is 13.2 Å². The fraction of sp³-hybridized carbons (Fsp3) is 0.412. The maximum Gasteiger partial charge on any atom is 0.434 e. The second-order valence-corrected chi connectivity index (χ2v) is 6.81. The summed E-state index contributed by atoms with van der Waals surface area (Å²) in [5.74, 6) is 1.14. The average Bonchev–Trinajstić information content (AvgIpc) is 3.25. The molecule has 134 valence electrons. The van der Waals surface area contributed by atoms with E-state index in [9.17, 15) is 13.2 Å². The number of alkyl halides is 3. The van der Waals surface area contributed by atoms with Crippen LogP contribution in [0.15, 0.2) is 40.7 Å². The van der Waals surface area contributed by atoms with Gasteiger partial charge in [0.15, 0.2) is 11.7 Å². The van der Waals surface area contributed by atoms with E-state index in [1.54, 1.807) is 7.05 Å². The van der Waals surface area contributed by atoms with Crippen molar-refractivity contribution in [3.8, 4) is 0 Å². The number of rotatable bonds is 3. The number of hydrogen-bond donors (Lipinski definition) is 1. The van der Waals surface area contributed by atoms with Gasteiger partial charge in [-0.05, 0) is 12.0 Å². The molecule has 0 spiro atoms. The molecule has 0 saturated carbocycles. The first-order valence-electron chi connectivity index (χ1n) is 7.99. The Kier molecular flexibility index (Phi) is 5.27. The van der Waals surface area contributed by atoms with Gasteiger partial charge in [-0.2, -0.15) is 13.2 Å². The van der Waals surface area contributed by atoms with Crippen LogP contribution in [0.3, 0.4) is 0 Å². The van der Waals surface area contributed by atoms with Gasteiger partial charge in [-0.25, -0.2) is 4.98 Å². The second kappa shape index (κ2) is 7.43. The Labute approximate surface area is 148 Å². The van der Waals surface area contributed by atoms with Gasteiger partial charge in [-0.1, -0.05) is 30.3 Å². The Morgan fingerprint density at radius 3 is 2.76 bits per heavy atom. The van der Waals surface area contributed by atoms with Crippen molar-refractivity contribution in [2.45, 2.75) is 25.1 Å². The number of halogens is 3. The van der Waals surface area contributed by atoms with Gasteiger partial charge in [-0.15, -0.1) is 11.3 Å². The number of guanidine groups is 1. The molecule has 3 rings (SSSR count). The highest BCUT2D eigenvalue weighted by Gasteiger charge is 2.33. The number of aliphatic imine (C=N–C) groups is 1. The highest BCUT2D eigenvalue weighted by molar-refractivity contribution is 7.09. The van der Waals surface area contributed by atoms with Gasteiger partial charge in [0.05, 0.1) is 6.54 Å². The summed E-state index contributed by atoms with van der Waals surface area (Å²) in [5, 5.41) is 4.56. The molecule has 1 unspecified atom stereocenters. The Balaban J connectivity index is 1.58. The summed E-state index contributed by atoms with van der Waals surface area (Å²) in [6.45, 7) is 1.94. The molecule has 8 heteroatoms. The van der Waals surface area contributed by atoms with Gasteiger partial charge >= 0.3 is 6.18 Å². The van der Waals surface area contributed by atoms with Gasteiger partial charge in [0, 0.05) is 31.4 Å². The quantitative estimate of drug-likeness (QED) is 0.663. The van der Waals surface area contributed by atoms with Crippen molar-refractivity contribution in [2.24, 2.45) is 4.99 Å². The number of hydrogen-bond acceptors (Lipinski definition) is 3. The lowest BCUT2D eigenvalue weighted by molar-refractivity contribution is -0.140. The van der Waals surface area contributed by atoms with E-state index >= 15 is 0 Å². The first kappa shape index (κ1) is 17.7. The van der Waals surface area contributed by atoms with Crippen molar-refractivity contribution in [1.29, 1.82) is 0 Å². The fourth-order valence-corrected chi connectivity index (χ4v) is 3.70. The summed E-state index contributed by atoms with van der Waals surface area (Å²) in [4.78, 5) is 10.0. The lowest BCUT2D eigenvalue weighted by Gasteiger charge is -2.21. The lowest BCUT2D eigenvalue weighted by atomic mass is 9.99. The van der Waals surface area contributed by atoms with E-state index in [0.29, 0.717) is 16.9 Å². The van der Waals surface area contributed by atoms with Crippen molar-refractivity contribution in [2.75, 3.05) is 20.1 Å². The summed E-state index contributed by atoms with van der Waals surface area (Å²) in [6, 6.07) is 10.3. The van der Waals surface area contributed by atoms with E-state index in [-0.39, 0.29) is 6.54 Å². The van der Waals surface area contributed by atoms with Crippen molar-refractivity contribution in [1.82, 2.24) is 15.2 Å². The summed E-state index contributed by atoms with van der Waals surface area (Å²) in [7, 11) is 1.68. The molecular formula is C17H19F3N4S. The van der Waals surface area contributed by atoms with E-state index in [0.717, 1.165) is 36.2 Å². The van der Waals surface area contributed by atoms with Crippen LogP contribution < -0.4 is 5.32 Å². The minimum Gasteiger partial charge on any atom is -0.350 e. The molecule has 1 atom stereocenters. The molecule has 4 nitrogen and oxygen atoms in total. The molecule has 2 heterocycles. The van der Waals surface area contributed by atoms with Crippen LogP contribution in [0.1, 0.15) is 28.6 Å². The minimum atomic E-state index is -4.39. The van der Waals surface area contributed by atoms with E-state index in [1.165, 1.54) is 5.56 Å². The average molecular weight is 368 g/mol. The minimum absolute atomic E-state index is 0.236. The highest BCUT2D eigenvalue weighted by atomic mass is 32.1. The third kappa shape index (κ3) is 4.31. The molecular weight excluding hydrogens is 349 g/mol. The van der Waals surface area contributed by atoms with Crippen LogP contribution in [0.5, 0.6) is 0 Å². The zero-order valence-electron chi connectivity index (χ0n) is 13.8.